The van der Waals surface area contributed by atoms with Crippen molar-refractivity contribution in [3.05, 3.63) is 71.3 Å². The van der Waals surface area contributed by atoms with Gasteiger partial charge in [-0.15, -0.1) is 0 Å². The van der Waals surface area contributed by atoms with Crippen LogP contribution in [0, 0.1) is 0 Å². The van der Waals surface area contributed by atoms with Crippen molar-refractivity contribution < 1.29 is 9.84 Å². The number of phenolic OH excluding ortho intramolecular Hbond substituents is 1. The average molecular weight is 387 g/mol. The first-order chi connectivity index (χ1) is 14.2. The van der Waals surface area contributed by atoms with Crippen LogP contribution >= 0.6 is 0 Å². The van der Waals surface area contributed by atoms with Gasteiger partial charge >= 0.3 is 0 Å². The summed E-state index contributed by atoms with van der Waals surface area (Å²) >= 11 is 0. The minimum absolute atomic E-state index is 0.156. The SMILES string of the molecule is Nc1nc(-c2c(O)cccc2OCc2ccccc2)cc2c1CN1CCCC2C1. The molecule has 148 valence electrons. The topological polar surface area (TPSA) is 71.6 Å². The van der Waals surface area contributed by atoms with Crippen LogP contribution in [0.5, 0.6) is 11.5 Å². The molecule has 1 aromatic heterocycles. The van der Waals surface area contributed by atoms with Gasteiger partial charge in [0.25, 0.3) is 0 Å². The fraction of sp³-hybridized carbons (Fsp3) is 0.292. The van der Waals surface area contributed by atoms with Gasteiger partial charge in [-0.3, -0.25) is 4.90 Å². The number of pyridine rings is 1. The smallest absolute Gasteiger partial charge is 0.132 e. The van der Waals surface area contributed by atoms with Gasteiger partial charge in [-0.25, -0.2) is 4.98 Å². The number of fused-ring (bicyclic) bond motifs is 4. The second-order valence-corrected chi connectivity index (χ2v) is 7.96. The highest BCUT2D eigenvalue weighted by molar-refractivity contribution is 5.76. The van der Waals surface area contributed by atoms with Crippen molar-refractivity contribution in [2.24, 2.45) is 0 Å². The van der Waals surface area contributed by atoms with E-state index in [1.54, 1.807) is 12.1 Å². The maximum absolute atomic E-state index is 10.6. The molecule has 2 atom stereocenters. The molecule has 2 bridgehead atoms. The number of benzene rings is 2. The Morgan fingerprint density at radius 1 is 1.14 bits per heavy atom. The molecule has 29 heavy (non-hydrogen) atoms. The first kappa shape index (κ1) is 18.0. The van der Waals surface area contributed by atoms with E-state index in [9.17, 15) is 5.11 Å². The maximum Gasteiger partial charge on any atom is 0.132 e. The van der Waals surface area contributed by atoms with E-state index in [0.29, 0.717) is 35.3 Å². The van der Waals surface area contributed by atoms with Crippen molar-refractivity contribution in [1.29, 1.82) is 0 Å². The molecule has 2 unspecified atom stereocenters. The number of aromatic nitrogens is 1. The molecular weight excluding hydrogens is 362 g/mol. The lowest BCUT2D eigenvalue weighted by Crippen LogP contribution is -2.38. The highest BCUT2D eigenvalue weighted by Crippen LogP contribution is 2.42. The van der Waals surface area contributed by atoms with Crippen molar-refractivity contribution in [2.75, 3.05) is 18.8 Å². The number of aromatic hydroxyl groups is 1. The molecule has 1 fully saturated rings. The van der Waals surface area contributed by atoms with E-state index in [1.165, 1.54) is 18.4 Å². The van der Waals surface area contributed by atoms with Gasteiger partial charge in [-0.2, -0.15) is 0 Å². The Labute approximate surface area is 170 Å². The van der Waals surface area contributed by atoms with E-state index < -0.39 is 0 Å². The molecule has 0 amide bonds. The Balaban J connectivity index is 1.53. The third-order valence-electron chi connectivity index (χ3n) is 6.02. The lowest BCUT2D eigenvalue weighted by Gasteiger charge is -2.39. The van der Waals surface area contributed by atoms with E-state index in [0.717, 1.165) is 30.8 Å². The molecule has 0 saturated carbocycles. The lowest BCUT2D eigenvalue weighted by atomic mass is 9.83. The molecule has 0 radical (unpaired) electrons. The predicted octanol–water partition coefficient (Wildman–Crippen LogP) is 4.31. The van der Waals surface area contributed by atoms with Gasteiger partial charge in [-0.05, 0) is 54.6 Å². The van der Waals surface area contributed by atoms with Gasteiger partial charge in [0.15, 0.2) is 0 Å². The average Bonchev–Trinajstić information content (AvgIpc) is 2.74. The molecule has 3 N–H and O–H groups in total. The van der Waals surface area contributed by atoms with Gasteiger partial charge in [0.05, 0.1) is 11.3 Å². The molecule has 1 saturated heterocycles. The number of nitrogens with zero attached hydrogens (tertiary/aromatic N) is 2. The van der Waals surface area contributed by atoms with Crippen molar-refractivity contribution in [1.82, 2.24) is 9.88 Å². The number of ether oxygens (including phenoxy) is 1. The molecule has 0 aliphatic carbocycles. The first-order valence-electron chi connectivity index (χ1n) is 10.2. The summed E-state index contributed by atoms with van der Waals surface area (Å²) in [4.78, 5) is 7.13. The minimum atomic E-state index is 0.156. The summed E-state index contributed by atoms with van der Waals surface area (Å²) in [5.41, 5.74) is 11.2. The number of anilines is 1. The van der Waals surface area contributed by atoms with Crippen LogP contribution in [0.3, 0.4) is 0 Å². The molecule has 3 heterocycles. The predicted molar refractivity (Wildman–Crippen MR) is 114 cm³/mol. The number of hydrogen-bond donors (Lipinski definition) is 2. The third-order valence-corrected chi connectivity index (χ3v) is 6.02. The van der Waals surface area contributed by atoms with Crippen molar-refractivity contribution in [3.8, 4) is 22.8 Å². The molecular formula is C24H25N3O2. The van der Waals surface area contributed by atoms with Crippen LogP contribution in [0.4, 0.5) is 5.82 Å². The molecule has 2 aliphatic rings. The monoisotopic (exact) mass is 387 g/mol. The van der Waals surface area contributed by atoms with Gasteiger partial charge in [0.1, 0.15) is 23.9 Å². The number of nitrogens with two attached hydrogens (primary N) is 1. The fourth-order valence-electron chi connectivity index (χ4n) is 4.59. The normalized spacial score (nSPS) is 20.1. The number of phenols is 1. The zero-order valence-corrected chi connectivity index (χ0v) is 16.3. The summed E-state index contributed by atoms with van der Waals surface area (Å²) in [5, 5.41) is 10.6. The zero-order chi connectivity index (χ0) is 19.8. The molecule has 5 rings (SSSR count). The molecule has 3 aromatic rings. The Kier molecular flexibility index (Phi) is 4.60. The molecule has 5 heteroatoms. The van der Waals surface area contributed by atoms with Crippen LogP contribution < -0.4 is 10.5 Å². The number of piperidine rings is 1. The number of nitrogen functional groups attached to an aromatic ring is 1. The highest BCUT2D eigenvalue weighted by atomic mass is 16.5. The van der Waals surface area contributed by atoms with Crippen LogP contribution in [-0.4, -0.2) is 28.1 Å². The van der Waals surface area contributed by atoms with Gasteiger partial charge < -0.3 is 15.6 Å². The fourth-order valence-corrected chi connectivity index (χ4v) is 4.59. The van der Waals surface area contributed by atoms with Crippen molar-refractivity contribution in [3.63, 3.8) is 0 Å². The maximum atomic E-state index is 10.6. The van der Waals surface area contributed by atoms with E-state index in [2.05, 4.69) is 16.0 Å². The molecule has 0 spiro atoms. The number of hydrogen-bond acceptors (Lipinski definition) is 5. The van der Waals surface area contributed by atoms with Gasteiger partial charge in [-0.1, -0.05) is 36.4 Å². The minimum Gasteiger partial charge on any atom is -0.507 e. The van der Waals surface area contributed by atoms with Crippen LogP contribution in [0.1, 0.15) is 35.4 Å². The summed E-state index contributed by atoms with van der Waals surface area (Å²) in [6, 6.07) is 17.4. The van der Waals surface area contributed by atoms with Gasteiger partial charge in [0.2, 0.25) is 0 Å². The Morgan fingerprint density at radius 3 is 2.86 bits per heavy atom. The largest absolute Gasteiger partial charge is 0.507 e. The Bertz CT molecular complexity index is 1040. The summed E-state index contributed by atoms with van der Waals surface area (Å²) in [6.07, 6.45) is 2.38. The summed E-state index contributed by atoms with van der Waals surface area (Å²) in [7, 11) is 0. The number of rotatable bonds is 4. The quantitative estimate of drug-likeness (QED) is 0.698. The summed E-state index contributed by atoms with van der Waals surface area (Å²) in [6.45, 7) is 3.50. The van der Waals surface area contributed by atoms with Crippen LogP contribution in [0.15, 0.2) is 54.6 Å². The standard InChI is InChI=1S/C24H25N3O2/c25-24-19-14-27-11-5-8-17(13-27)18(19)12-20(26-24)23-21(28)9-4-10-22(23)29-15-16-6-2-1-3-7-16/h1-4,6-7,9-10,12,17,28H,5,8,11,13-15H2,(H2,25,26). The van der Waals surface area contributed by atoms with Crippen molar-refractivity contribution in [2.45, 2.75) is 31.9 Å². The van der Waals surface area contributed by atoms with E-state index in [4.69, 9.17) is 10.5 Å². The van der Waals surface area contributed by atoms with Crippen LogP contribution in [0.2, 0.25) is 0 Å². The lowest BCUT2D eigenvalue weighted by molar-refractivity contribution is 0.182. The zero-order valence-electron chi connectivity index (χ0n) is 16.3. The van der Waals surface area contributed by atoms with Crippen molar-refractivity contribution >= 4 is 5.82 Å². The second-order valence-electron chi connectivity index (χ2n) is 7.96. The highest BCUT2D eigenvalue weighted by Gasteiger charge is 2.31. The molecule has 2 aromatic carbocycles. The Morgan fingerprint density at radius 2 is 2.00 bits per heavy atom. The molecule has 5 nitrogen and oxygen atoms in total. The second kappa shape index (κ2) is 7.41. The first-order valence-corrected chi connectivity index (χ1v) is 10.2. The summed E-state index contributed by atoms with van der Waals surface area (Å²) in [5.74, 6) is 1.81. The Hall–Kier alpha value is -3.05. The van der Waals surface area contributed by atoms with E-state index >= 15 is 0 Å². The van der Waals surface area contributed by atoms with Crippen LogP contribution in [0.25, 0.3) is 11.3 Å². The molecule has 2 aliphatic heterocycles. The van der Waals surface area contributed by atoms with Crippen LogP contribution in [-0.2, 0) is 13.2 Å². The van der Waals surface area contributed by atoms with E-state index in [-0.39, 0.29) is 5.75 Å². The van der Waals surface area contributed by atoms with E-state index in [1.807, 2.05) is 36.4 Å². The van der Waals surface area contributed by atoms with Gasteiger partial charge in [0, 0.05) is 18.7 Å². The third kappa shape index (κ3) is 3.42. The summed E-state index contributed by atoms with van der Waals surface area (Å²) < 4.78 is 6.07.